The first-order valence-electron chi connectivity index (χ1n) is 7.89. The highest BCUT2D eigenvalue weighted by Crippen LogP contribution is 2.26. The molecular weight excluding hydrogens is 280 g/mol. The molecule has 0 spiro atoms. The van der Waals surface area contributed by atoms with Gasteiger partial charge in [0.1, 0.15) is 0 Å². The van der Waals surface area contributed by atoms with Crippen LogP contribution in [0.25, 0.3) is 0 Å². The molecular formula is C18H24O4-2. The number of hydrogen-bond donors (Lipinski definition) is 0. The van der Waals surface area contributed by atoms with Crippen LogP contribution in [0.4, 0.5) is 0 Å². The zero-order valence-electron chi connectivity index (χ0n) is 13.8. The first-order chi connectivity index (χ1) is 10.3. The minimum absolute atomic E-state index is 0.101. The highest BCUT2D eigenvalue weighted by molar-refractivity contribution is 5.93. The molecule has 0 amide bonds. The standard InChI is InChI=1S/C18H26O4/c1-5-11(3)9-15-13(17(19)20)7-8-14(18(21)22)16(15)10-12(4)6-2/h7-8,11-12H,5-6,9-10H2,1-4H3,(H,19,20)(H,21,22)/p-2. The maximum absolute atomic E-state index is 11.4. The predicted molar refractivity (Wildman–Crippen MR) is 81.4 cm³/mol. The Balaban J connectivity index is 3.50. The van der Waals surface area contributed by atoms with Crippen molar-refractivity contribution in [1.82, 2.24) is 0 Å². The minimum Gasteiger partial charge on any atom is -0.545 e. The number of carboxylic acids is 2. The molecule has 0 heterocycles. The lowest BCUT2D eigenvalue weighted by Crippen LogP contribution is -2.29. The van der Waals surface area contributed by atoms with E-state index in [1.807, 2.05) is 27.7 Å². The fraction of sp³-hybridized carbons (Fsp3) is 0.556. The highest BCUT2D eigenvalue weighted by Gasteiger charge is 2.18. The number of hydrogen-bond acceptors (Lipinski definition) is 4. The van der Waals surface area contributed by atoms with E-state index < -0.39 is 11.9 Å². The average molecular weight is 304 g/mol. The van der Waals surface area contributed by atoms with Gasteiger partial charge in [0.15, 0.2) is 0 Å². The van der Waals surface area contributed by atoms with Gasteiger partial charge in [-0.3, -0.25) is 0 Å². The van der Waals surface area contributed by atoms with E-state index in [9.17, 15) is 19.8 Å². The van der Waals surface area contributed by atoms with Crippen molar-refractivity contribution in [3.05, 3.63) is 34.4 Å². The van der Waals surface area contributed by atoms with Crippen LogP contribution in [0.5, 0.6) is 0 Å². The monoisotopic (exact) mass is 304 g/mol. The quantitative estimate of drug-likeness (QED) is 0.730. The van der Waals surface area contributed by atoms with Crippen molar-refractivity contribution in [2.75, 3.05) is 0 Å². The van der Waals surface area contributed by atoms with E-state index in [0.29, 0.717) is 24.0 Å². The Labute approximate surface area is 132 Å². The molecule has 1 rings (SSSR count). The van der Waals surface area contributed by atoms with Crippen LogP contribution < -0.4 is 10.2 Å². The number of aromatic carboxylic acids is 2. The number of rotatable bonds is 8. The number of carbonyl (C=O) groups excluding carboxylic acids is 2. The first-order valence-corrected chi connectivity index (χ1v) is 7.89. The van der Waals surface area contributed by atoms with Crippen molar-refractivity contribution in [1.29, 1.82) is 0 Å². The van der Waals surface area contributed by atoms with Crippen LogP contribution in [0, 0.1) is 11.8 Å². The van der Waals surface area contributed by atoms with E-state index in [1.165, 1.54) is 12.1 Å². The summed E-state index contributed by atoms with van der Waals surface area (Å²) in [5, 5.41) is 22.8. The lowest BCUT2D eigenvalue weighted by atomic mass is 9.84. The minimum atomic E-state index is -1.26. The number of carbonyl (C=O) groups is 2. The van der Waals surface area contributed by atoms with Crippen molar-refractivity contribution >= 4 is 11.9 Å². The number of carboxylic acid groups (broad SMARTS) is 2. The molecule has 4 nitrogen and oxygen atoms in total. The van der Waals surface area contributed by atoms with Crippen molar-refractivity contribution in [2.45, 2.75) is 53.4 Å². The molecule has 0 aliphatic carbocycles. The van der Waals surface area contributed by atoms with Crippen LogP contribution in [-0.4, -0.2) is 11.9 Å². The van der Waals surface area contributed by atoms with Crippen LogP contribution in [-0.2, 0) is 12.8 Å². The summed E-state index contributed by atoms with van der Waals surface area (Å²) in [6.45, 7) is 8.11. The molecule has 0 bridgehead atoms. The summed E-state index contributed by atoms with van der Waals surface area (Å²) >= 11 is 0. The third-order valence-corrected chi connectivity index (χ3v) is 4.37. The largest absolute Gasteiger partial charge is 0.545 e. The molecule has 0 N–H and O–H groups in total. The molecule has 22 heavy (non-hydrogen) atoms. The highest BCUT2D eigenvalue weighted by atomic mass is 16.4. The predicted octanol–water partition coefficient (Wildman–Crippen LogP) is 1.59. The van der Waals surface area contributed by atoms with Crippen LogP contribution in [0.1, 0.15) is 72.4 Å². The molecule has 2 unspecified atom stereocenters. The maximum atomic E-state index is 11.4. The Kier molecular flexibility index (Phi) is 6.60. The van der Waals surface area contributed by atoms with Gasteiger partial charge in [0.2, 0.25) is 0 Å². The zero-order chi connectivity index (χ0) is 16.9. The summed E-state index contributed by atoms with van der Waals surface area (Å²) in [6, 6.07) is 2.66. The molecule has 0 saturated heterocycles. The Bertz CT molecular complexity index is 499. The van der Waals surface area contributed by atoms with Crippen molar-refractivity contribution in [3.63, 3.8) is 0 Å². The van der Waals surface area contributed by atoms with E-state index in [1.54, 1.807) is 0 Å². The maximum Gasteiger partial charge on any atom is 0.0718 e. The SMILES string of the molecule is CCC(C)Cc1c(C(=O)[O-])ccc(C(=O)[O-])c1CC(C)CC. The average Bonchev–Trinajstić information content (AvgIpc) is 2.47. The molecule has 0 aliphatic rings. The van der Waals surface area contributed by atoms with Gasteiger partial charge in [-0.25, -0.2) is 0 Å². The molecule has 0 saturated carbocycles. The Morgan fingerprint density at radius 2 is 1.18 bits per heavy atom. The molecule has 1 aromatic rings. The van der Waals surface area contributed by atoms with Crippen molar-refractivity contribution < 1.29 is 19.8 Å². The molecule has 2 atom stereocenters. The van der Waals surface area contributed by atoms with Gasteiger partial charge in [-0.1, -0.05) is 52.7 Å². The van der Waals surface area contributed by atoms with Gasteiger partial charge in [-0.05, 0) is 35.8 Å². The van der Waals surface area contributed by atoms with E-state index >= 15 is 0 Å². The molecule has 0 aliphatic heterocycles. The second kappa shape index (κ2) is 7.97. The van der Waals surface area contributed by atoms with E-state index in [-0.39, 0.29) is 23.0 Å². The molecule has 122 valence electrons. The van der Waals surface area contributed by atoms with Gasteiger partial charge in [-0.15, -0.1) is 0 Å². The Hall–Kier alpha value is -1.84. The zero-order valence-corrected chi connectivity index (χ0v) is 13.8. The number of benzene rings is 1. The molecule has 0 fully saturated rings. The summed E-state index contributed by atoms with van der Waals surface area (Å²) < 4.78 is 0. The summed E-state index contributed by atoms with van der Waals surface area (Å²) in [7, 11) is 0. The third kappa shape index (κ3) is 4.33. The van der Waals surface area contributed by atoms with E-state index in [0.717, 1.165) is 12.8 Å². The van der Waals surface area contributed by atoms with Gasteiger partial charge in [-0.2, -0.15) is 0 Å². The summed E-state index contributed by atoms with van der Waals surface area (Å²) in [5.41, 5.74) is 1.39. The fourth-order valence-electron chi connectivity index (χ4n) is 2.53. The second-order valence-corrected chi connectivity index (χ2v) is 6.13. The van der Waals surface area contributed by atoms with Crippen molar-refractivity contribution in [2.24, 2.45) is 11.8 Å². The smallest absolute Gasteiger partial charge is 0.0718 e. The summed E-state index contributed by atoms with van der Waals surface area (Å²) in [4.78, 5) is 22.8. The third-order valence-electron chi connectivity index (χ3n) is 4.37. The lowest BCUT2D eigenvalue weighted by molar-refractivity contribution is -0.256. The van der Waals surface area contributed by atoms with Gasteiger partial charge in [0.25, 0.3) is 0 Å². The summed E-state index contributed by atoms with van der Waals surface area (Å²) in [5.74, 6) is -1.97. The fourth-order valence-corrected chi connectivity index (χ4v) is 2.53. The Morgan fingerprint density at radius 3 is 1.41 bits per heavy atom. The van der Waals surface area contributed by atoms with E-state index in [2.05, 4.69) is 0 Å². The molecule has 4 heteroatoms. The van der Waals surface area contributed by atoms with Crippen molar-refractivity contribution in [3.8, 4) is 0 Å². The first kappa shape index (κ1) is 18.2. The molecule has 0 aromatic heterocycles. The van der Waals surface area contributed by atoms with Crippen LogP contribution >= 0.6 is 0 Å². The second-order valence-electron chi connectivity index (χ2n) is 6.13. The topological polar surface area (TPSA) is 80.3 Å². The van der Waals surface area contributed by atoms with Gasteiger partial charge >= 0.3 is 0 Å². The van der Waals surface area contributed by atoms with Gasteiger partial charge < -0.3 is 19.8 Å². The Morgan fingerprint density at radius 1 is 0.864 bits per heavy atom. The molecule has 0 radical (unpaired) electrons. The van der Waals surface area contributed by atoms with Gasteiger partial charge in [0, 0.05) is 11.1 Å². The lowest BCUT2D eigenvalue weighted by Gasteiger charge is -2.23. The van der Waals surface area contributed by atoms with Crippen LogP contribution in [0.2, 0.25) is 0 Å². The summed E-state index contributed by atoms with van der Waals surface area (Å²) in [6.07, 6.45) is 2.86. The van der Waals surface area contributed by atoms with Gasteiger partial charge in [0.05, 0.1) is 11.9 Å². The van der Waals surface area contributed by atoms with Crippen LogP contribution in [0.15, 0.2) is 12.1 Å². The van der Waals surface area contributed by atoms with Crippen LogP contribution in [0.3, 0.4) is 0 Å². The molecule has 1 aromatic carbocycles. The van der Waals surface area contributed by atoms with E-state index in [4.69, 9.17) is 0 Å². The normalized spacial score (nSPS) is 13.6.